The lowest BCUT2D eigenvalue weighted by Gasteiger charge is -2.23. The molecule has 24 heavy (non-hydrogen) atoms. The van der Waals surface area contributed by atoms with E-state index in [-0.39, 0.29) is 11.2 Å². The Hall–Kier alpha value is -1.53. The normalized spacial score (nSPS) is 16.7. The molecule has 5 nitrogen and oxygen atoms in total. The molecule has 0 radical (unpaired) electrons. The molecule has 2 heterocycles. The van der Waals surface area contributed by atoms with E-state index >= 15 is 0 Å². The number of halogens is 1. The van der Waals surface area contributed by atoms with Gasteiger partial charge in [0, 0.05) is 23.7 Å². The maximum atomic E-state index is 12.6. The fourth-order valence-electron chi connectivity index (χ4n) is 2.75. The Labute approximate surface area is 150 Å². The minimum atomic E-state index is -0.240. The highest BCUT2D eigenvalue weighted by molar-refractivity contribution is 8.00. The molecule has 7 heteroatoms. The molecular formula is C17H20ClN3O2S. The Bertz CT molecular complexity index is 699. The van der Waals surface area contributed by atoms with Crippen molar-refractivity contribution >= 4 is 29.3 Å². The molecule has 1 aliphatic heterocycles. The smallest absolute Gasteiger partial charge is 0.277 e. The van der Waals surface area contributed by atoms with E-state index in [0.717, 1.165) is 31.5 Å². The highest BCUT2D eigenvalue weighted by atomic mass is 35.5. The van der Waals surface area contributed by atoms with Crippen LogP contribution in [0.15, 0.2) is 33.9 Å². The second-order valence-electron chi connectivity index (χ2n) is 5.88. The predicted octanol–water partition coefficient (Wildman–Crippen LogP) is 4.27. The summed E-state index contributed by atoms with van der Waals surface area (Å²) in [4.78, 5) is 14.5. The summed E-state index contributed by atoms with van der Waals surface area (Å²) in [5.74, 6) is 0.554. The van der Waals surface area contributed by atoms with E-state index in [2.05, 4.69) is 10.2 Å². The van der Waals surface area contributed by atoms with Gasteiger partial charge in [0.05, 0.1) is 5.25 Å². The van der Waals surface area contributed by atoms with Crippen molar-refractivity contribution in [1.29, 1.82) is 0 Å². The fraction of sp³-hybridized carbons (Fsp3) is 0.471. The number of hydrogen-bond acceptors (Lipinski definition) is 5. The van der Waals surface area contributed by atoms with Crippen molar-refractivity contribution in [3.63, 3.8) is 0 Å². The van der Waals surface area contributed by atoms with Crippen molar-refractivity contribution in [1.82, 2.24) is 15.1 Å². The van der Waals surface area contributed by atoms with Gasteiger partial charge in [0.25, 0.3) is 5.22 Å². The van der Waals surface area contributed by atoms with Crippen LogP contribution < -0.4 is 0 Å². The lowest BCUT2D eigenvalue weighted by molar-refractivity contribution is -0.130. The van der Waals surface area contributed by atoms with E-state index in [9.17, 15) is 4.79 Å². The zero-order valence-electron chi connectivity index (χ0n) is 13.6. The third-order valence-corrected chi connectivity index (χ3v) is 5.18. The first-order chi connectivity index (χ1) is 11.6. The number of carbonyl (C=O) groups is 1. The number of likely N-dealkylation sites (tertiary alicyclic amines) is 1. The maximum absolute atomic E-state index is 12.6. The molecule has 0 aliphatic carbocycles. The molecule has 1 fully saturated rings. The first-order valence-corrected chi connectivity index (χ1v) is 9.44. The number of hydrogen-bond donors (Lipinski definition) is 0. The first kappa shape index (κ1) is 17.3. The summed E-state index contributed by atoms with van der Waals surface area (Å²) in [5, 5.41) is 8.87. The molecule has 0 N–H and O–H groups in total. The number of nitrogens with zero attached hydrogens (tertiary/aromatic N) is 3. The predicted molar refractivity (Wildman–Crippen MR) is 95.1 cm³/mol. The molecule has 1 saturated heterocycles. The van der Waals surface area contributed by atoms with Gasteiger partial charge in [0.15, 0.2) is 0 Å². The quantitative estimate of drug-likeness (QED) is 0.757. The van der Waals surface area contributed by atoms with Crippen LogP contribution in [0.5, 0.6) is 0 Å². The Morgan fingerprint density at radius 1 is 1.25 bits per heavy atom. The average molecular weight is 366 g/mol. The Morgan fingerprint density at radius 3 is 2.71 bits per heavy atom. The van der Waals surface area contributed by atoms with Crippen molar-refractivity contribution in [3.8, 4) is 11.5 Å². The van der Waals surface area contributed by atoms with Gasteiger partial charge in [-0.15, -0.1) is 10.2 Å². The van der Waals surface area contributed by atoms with Crippen molar-refractivity contribution in [2.24, 2.45) is 0 Å². The molecule has 1 aromatic heterocycles. The average Bonchev–Trinajstić information content (AvgIpc) is 2.87. The number of carbonyl (C=O) groups excluding carboxylic acids is 1. The van der Waals surface area contributed by atoms with Gasteiger partial charge < -0.3 is 9.32 Å². The molecule has 128 valence electrons. The molecule has 3 rings (SSSR count). The summed E-state index contributed by atoms with van der Waals surface area (Å²) in [5.41, 5.74) is 0.772. The standard InChI is InChI=1S/C17H20ClN3O2S/c1-12(16(22)21-9-4-2-3-5-10-21)24-17-20-19-15(23-17)13-7-6-8-14(18)11-13/h6-8,11-12H,2-5,9-10H2,1H3/t12-/m1/s1. The van der Waals surface area contributed by atoms with Crippen molar-refractivity contribution < 1.29 is 9.21 Å². The van der Waals surface area contributed by atoms with Crippen LogP contribution in [0.4, 0.5) is 0 Å². The molecule has 0 unspecified atom stereocenters. The van der Waals surface area contributed by atoms with E-state index in [4.69, 9.17) is 16.0 Å². The molecule has 1 aromatic carbocycles. The third-order valence-electron chi connectivity index (χ3n) is 4.02. The number of aromatic nitrogens is 2. The van der Waals surface area contributed by atoms with Gasteiger partial charge in [-0.25, -0.2) is 0 Å². The van der Waals surface area contributed by atoms with Crippen LogP contribution in [-0.2, 0) is 4.79 Å². The van der Waals surface area contributed by atoms with Crippen LogP contribution in [0.3, 0.4) is 0 Å². The van der Waals surface area contributed by atoms with Gasteiger partial charge in [0.1, 0.15) is 0 Å². The lowest BCUT2D eigenvalue weighted by Crippen LogP contribution is -2.37. The second-order valence-corrected chi connectivity index (χ2v) is 7.61. The van der Waals surface area contributed by atoms with Gasteiger partial charge in [-0.3, -0.25) is 4.79 Å². The molecule has 0 saturated carbocycles. The van der Waals surface area contributed by atoms with E-state index < -0.39 is 0 Å². The third kappa shape index (κ3) is 4.30. The highest BCUT2D eigenvalue weighted by Gasteiger charge is 2.24. The monoisotopic (exact) mass is 365 g/mol. The molecule has 0 bridgehead atoms. The maximum Gasteiger partial charge on any atom is 0.277 e. The van der Waals surface area contributed by atoms with Gasteiger partial charge in [-0.1, -0.05) is 42.3 Å². The van der Waals surface area contributed by atoms with E-state index in [1.54, 1.807) is 12.1 Å². The zero-order valence-corrected chi connectivity index (χ0v) is 15.1. The lowest BCUT2D eigenvalue weighted by atomic mass is 10.2. The van der Waals surface area contributed by atoms with E-state index in [1.807, 2.05) is 24.0 Å². The van der Waals surface area contributed by atoms with Gasteiger partial charge >= 0.3 is 0 Å². The molecule has 1 atom stereocenters. The number of thioether (sulfide) groups is 1. The fourth-order valence-corrected chi connectivity index (χ4v) is 3.70. The highest BCUT2D eigenvalue weighted by Crippen LogP contribution is 2.28. The van der Waals surface area contributed by atoms with Gasteiger partial charge in [-0.2, -0.15) is 0 Å². The number of benzene rings is 1. The van der Waals surface area contributed by atoms with Crippen LogP contribution >= 0.6 is 23.4 Å². The second kappa shape index (κ2) is 8.03. The number of rotatable bonds is 4. The van der Waals surface area contributed by atoms with Gasteiger partial charge in [-0.05, 0) is 38.0 Å². The van der Waals surface area contributed by atoms with E-state index in [0.29, 0.717) is 16.1 Å². The minimum absolute atomic E-state index is 0.143. The largest absolute Gasteiger partial charge is 0.411 e. The summed E-state index contributed by atoms with van der Waals surface area (Å²) < 4.78 is 5.67. The van der Waals surface area contributed by atoms with Crippen molar-refractivity contribution in [3.05, 3.63) is 29.3 Å². The van der Waals surface area contributed by atoms with Crippen LogP contribution in [0.1, 0.15) is 32.6 Å². The summed E-state index contributed by atoms with van der Waals surface area (Å²) in [6, 6.07) is 7.26. The molecule has 2 aromatic rings. The Balaban J connectivity index is 1.64. The van der Waals surface area contributed by atoms with E-state index in [1.165, 1.54) is 24.6 Å². The van der Waals surface area contributed by atoms with Crippen LogP contribution in [0.25, 0.3) is 11.5 Å². The van der Waals surface area contributed by atoms with Crippen LogP contribution in [-0.4, -0.2) is 39.3 Å². The Kier molecular flexibility index (Phi) is 5.79. The summed E-state index contributed by atoms with van der Waals surface area (Å²) in [6.45, 7) is 3.59. The number of amides is 1. The minimum Gasteiger partial charge on any atom is -0.411 e. The summed E-state index contributed by atoms with van der Waals surface area (Å²) in [7, 11) is 0. The molecule has 1 aliphatic rings. The first-order valence-electron chi connectivity index (χ1n) is 8.18. The van der Waals surface area contributed by atoms with Crippen molar-refractivity contribution in [2.75, 3.05) is 13.1 Å². The van der Waals surface area contributed by atoms with Gasteiger partial charge in [0.2, 0.25) is 11.8 Å². The molecular weight excluding hydrogens is 346 g/mol. The Morgan fingerprint density at radius 2 is 2.00 bits per heavy atom. The topological polar surface area (TPSA) is 59.2 Å². The molecule has 1 amide bonds. The SMILES string of the molecule is C[C@@H](Sc1nnc(-c2cccc(Cl)c2)o1)C(=O)N1CCCCCC1. The zero-order chi connectivity index (χ0) is 16.9. The molecule has 0 spiro atoms. The van der Waals surface area contributed by atoms with Crippen LogP contribution in [0, 0.1) is 0 Å². The summed E-state index contributed by atoms with van der Waals surface area (Å²) in [6.07, 6.45) is 4.58. The summed E-state index contributed by atoms with van der Waals surface area (Å²) >= 11 is 7.29. The van der Waals surface area contributed by atoms with Crippen LogP contribution in [0.2, 0.25) is 5.02 Å². The van der Waals surface area contributed by atoms with Crippen molar-refractivity contribution in [2.45, 2.75) is 43.1 Å².